The molecule has 78 valence electrons. The average molecular weight is 211 g/mol. The molecule has 0 spiro atoms. The summed E-state index contributed by atoms with van der Waals surface area (Å²) in [5.74, 6) is 0. The van der Waals surface area contributed by atoms with Crippen LogP contribution in [0, 0.1) is 0 Å². The molecule has 0 aliphatic rings. The zero-order valence-corrected chi connectivity index (χ0v) is 8.38. The van der Waals surface area contributed by atoms with Crippen molar-refractivity contribution in [3.8, 4) is 11.1 Å². The molecule has 0 aliphatic heterocycles. The standard InChI is InChI=1S/C11H9N5/c12-9-1-2-15-11-10(9)8(5-16-11)7-3-13-6-14-4-7/h1-6H,(H3,12,15,16). The number of nitrogen functional groups attached to an aromatic ring is 1. The summed E-state index contributed by atoms with van der Waals surface area (Å²) >= 11 is 0. The van der Waals surface area contributed by atoms with Gasteiger partial charge in [-0.1, -0.05) is 0 Å². The fraction of sp³-hybridized carbons (Fsp3) is 0. The number of H-pyrrole nitrogens is 1. The Kier molecular flexibility index (Phi) is 1.83. The van der Waals surface area contributed by atoms with E-state index in [4.69, 9.17) is 5.73 Å². The minimum atomic E-state index is 0.699. The molecule has 5 nitrogen and oxygen atoms in total. The van der Waals surface area contributed by atoms with Crippen LogP contribution in [0.25, 0.3) is 22.2 Å². The van der Waals surface area contributed by atoms with Crippen molar-refractivity contribution in [2.24, 2.45) is 0 Å². The molecule has 3 N–H and O–H groups in total. The molecule has 0 amide bonds. The Morgan fingerprint density at radius 1 is 1.19 bits per heavy atom. The zero-order chi connectivity index (χ0) is 11.0. The molecule has 16 heavy (non-hydrogen) atoms. The molecule has 3 heterocycles. The van der Waals surface area contributed by atoms with Crippen molar-refractivity contribution in [1.82, 2.24) is 19.9 Å². The Morgan fingerprint density at radius 2 is 2.00 bits per heavy atom. The number of nitrogens with zero attached hydrogens (tertiary/aromatic N) is 3. The normalized spacial score (nSPS) is 10.8. The van der Waals surface area contributed by atoms with Crippen LogP contribution in [0.15, 0.2) is 37.2 Å². The molecule has 3 rings (SSSR count). The molecule has 0 aliphatic carbocycles. The third-order valence-corrected chi connectivity index (χ3v) is 2.48. The van der Waals surface area contributed by atoms with Gasteiger partial charge in [-0.25, -0.2) is 15.0 Å². The van der Waals surface area contributed by atoms with Gasteiger partial charge in [-0.3, -0.25) is 0 Å². The summed E-state index contributed by atoms with van der Waals surface area (Å²) in [6.07, 6.45) is 8.55. The van der Waals surface area contributed by atoms with Crippen LogP contribution in [0.1, 0.15) is 0 Å². The van der Waals surface area contributed by atoms with Crippen LogP contribution in [-0.2, 0) is 0 Å². The topological polar surface area (TPSA) is 80.5 Å². The van der Waals surface area contributed by atoms with E-state index in [1.807, 2.05) is 6.20 Å². The van der Waals surface area contributed by atoms with Gasteiger partial charge in [0, 0.05) is 47.0 Å². The lowest BCUT2D eigenvalue weighted by Gasteiger charge is -2.00. The highest BCUT2D eigenvalue weighted by Crippen LogP contribution is 2.30. The van der Waals surface area contributed by atoms with E-state index in [0.717, 1.165) is 22.2 Å². The van der Waals surface area contributed by atoms with Gasteiger partial charge in [0.15, 0.2) is 0 Å². The second kappa shape index (κ2) is 3.30. The van der Waals surface area contributed by atoms with Crippen molar-refractivity contribution in [1.29, 1.82) is 0 Å². The number of fused-ring (bicyclic) bond motifs is 1. The van der Waals surface area contributed by atoms with Crippen molar-refractivity contribution < 1.29 is 0 Å². The quantitative estimate of drug-likeness (QED) is 0.640. The predicted molar refractivity (Wildman–Crippen MR) is 61.5 cm³/mol. The lowest BCUT2D eigenvalue weighted by molar-refractivity contribution is 1.17. The number of nitrogens with two attached hydrogens (primary N) is 1. The fourth-order valence-corrected chi connectivity index (χ4v) is 1.75. The van der Waals surface area contributed by atoms with Crippen LogP contribution in [0.4, 0.5) is 5.69 Å². The van der Waals surface area contributed by atoms with Crippen LogP contribution in [0.2, 0.25) is 0 Å². The van der Waals surface area contributed by atoms with Crippen LogP contribution in [0.5, 0.6) is 0 Å². The highest BCUT2D eigenvalue weighted by molar-refractivity contribution is 6.01. The summed E-state index contributed by atoms with van der Waals surface area (Å²) < 4.78 is 0. The number of aromatic nitrogens is 4. The molecule has 0 unspecified atom stereocenters. The van der Waals surface area contributed by atoms with Gasteiger partial charge in [0.25, 0.3) is 0 Å². The number of hydrogen-bond donors (Lipinski definition) is 2. The lowest BCUT2D eigenvalue weighted by atomic mass is 10.1. The molecule has 5 heteroatoms. The number of aromatic amines is 1. The Bertz CT molecular complexity index is 629. The van der Waals surface area contributed by atoms with Crippen LogP contribution < -0.4 is 5.73 Å². The van der Waals surface area contributed by atoms with Crippen molar-refractivity contribution in [3.05, 3.63) is 37.2 Å². The maximum Gasteiger partial charge on any atom is 0.139 e. The Morgan fingerprint density at radius 3 is 2.81 bits per heavy atom. The summed E-state index contributed by atoms with van der Waals surface area (Å²) in [7, 11) is 0. The summed E-state index contributed by atoms with van der Waals surface area (Å²) in [5.41, 5.74) is 9.31. The maximum atomic E-state index is 5.94. The van der Waals surface area contributed by atoms with Gasteiger partial charge in [-0.05, 0) is 6.07 Å². The highest BCUT2D eigenvalue weighted by Gasteiger charge is 2.09. The summed E-state index contributed by atoms with van der Waals surface area (Å²) in [5, 5.41) is 0.914. The second-order valence-electron chi connectivity index (χ2n) is 3.45. The molecule has 3 aromatic heterocycles. The number of anilines is 1. The van der Waals surface area contributed by atoms with Crippen LogP contribution in [-0.4, -0.2) is 19.9 Å². The zero-order valence-electron chi connectivity index (χ0n) is 8.38. The van der Waals surface area contributed by atoms with Gasteiger partial charge in [-0.2, -0.15) is 0 Å². The van der Waals surface area contributed by atoms with E-state index >= 15 is 0 Å². The maximum absolute atomic E-state index is 5.94. The van der Waals surface area contributed by atoms with Gasteiger partial charge >= 0.3 is 0 Å². The third-order valence-electron chi connectivity index (χ3n) is 2.48. The average Bonchev–Trinajstić information content (AvgIpc) is 2.75. The third kappa shape index (κ3) is 1.22. The van der Waals surface area contributed by atoms with Gasteiger partial charge in [0.1, 0.15) is 12.0 Å². The second-order valence-corrected chi connectivity index (χ2v) is 3.45. The van der Waals surface area contributed by atoms with E-state index in [1.165, 1.54) is 6.33 Å². The molecule has 0 fully saturated rings. The van der Waals surface area contributed by atoms with Gasteiger partial charge in [0.2, 0.25) is 0 Å². The predicted octanol–water partition coefficient (Wildman–Crippen LogP) is 1.60. The summed E-state index contributed by atoms with van der Waals surface area (Å²) in [6.45, 7) is 0. The number of pyridine rings is 1. The Hall–Kier alpha value is -2.43. The fourth-order valence-electron chi connectivity index (χ4n) is 1.75. The number of rotatable bonds is 1. The smallest absolute Gasteiger partial charge is 0.139 e. The molecular formula is C11H9N5. The Labute approximate surface area is 91.4 Å². The van der Waals surface area contributed by atoms with Gasteiger partial charge in [0.05, 0.1) is 0 Å². The van der Waals surface area contributed by atoms with Crippen LogP contribution >= 0.6 is 0 Å². The lowest BCUT2D eigenvalue weighted by Crippen LogP contribution is -1.88. The Balaban J connectivity index is 2.33. The van der Waals surface area contributed by atoms with E-state index in [9.17, 15) is 0 Å². The van der Waals surface area contributed by atoms with E-state index in [-0.39, 0.29) is 0 Å². The minimum Gasteiger partial charge on any atom is -0.398 e. The SMILES string of the molecule is Nc1ccnc2[nH]cc(-c3cncnc3)c12. The van der Waals surface area contributed by atoms with Crippen molar-refractivity contribution in [3.63, 3.8) is 0 Å². The monoisotopic (exact) mass is 211 g/mol. The number of nitrogens with one attached hydrogen (secondary N) is 1. The first kappa shape index (κ1) is 8.84. The largest absolute Gasteiger partial charge is 0.398 e. The van der Waals surface area contributed by atoms with E-state index in [2.05, 4.69) is 19.9 Å². The molecule has 3 aromatic rings. The molecule has 0 aromatic carbocycles. The first-order valence-electron chi connectivity index (χ1n) is 4.83. The van der Waals surface area contributed by atoms with Gasteiger partial charge < -0.3 is 10.7 Å². The minimum absolute atomic E-state index is 0.699. The van der Waals surface area contributed by atoms with E-state index in [1.54, 1.807) is 24.7 Å². The van der Waals surface area contributed by atoms with Crippen molar-refractivity contribution in [2.45, 2.75) is 0 Å². The first-order chi connectivity index (χ1) is 7.86. The van der Waals surface area contributed by atoms with E-state index < -0.39 is 0 Å². The summed E-state index contributed by atoms with van der Waals surface area (Å²) in [6, 6.07) is 1.78. The van der Waals surface area contributed by atoms with Crippen molar-refractivity contribution >= 4 is 16.7 Å². The van der Waals surface area contributed by atoms with Crippen molar-refractivity contribution in [2.75, 3.05) is 5.73 Å². The van der Waals surface area contributed by atoms with Crippen LogP contribution in [0.3, 0.4) is 0 Å². The molecular weight excluding hydrogens is 202 g/mol. The molecule has 0 radical (unpaired) electrons. The molecule has 0 bridgehead atoms. The summed E-state index contributed by atoms with van der Waals surface area (Å²) in [4.78, 5) is 15.3. The molecule has 0 saturated carbocycles. The highest BCUT2D eigenvalue weighted by atomic mass is 14.9. The number of hydrogen-bond acceptors (Lipinski definition) is 4. The first-order valence-corrected chi connectivity index (χ1v) is 4.83. The molecule has 0 saturated heterocycles. The molecule has 0 atom stereocenters. The van der Waals surface area contributed by atoms with E-state index in [0.29, 0.717) is 5.69 Å². The van der Waals surface area contributed by atoms with Gasteiger partial charge in [-0.15, -0.1) is 0 Å².